The minimum absolute atomic E-state index is 0.0326. The predicted molar refractivity (Wildman–Crippen MR) is 90.3 cm³/mol. The van der Waals surface area contributed by atoms with E-state index in [4.69, 9.17) is 14.2 Å². The number of hydrogen-bond acceptors (Lipinski definition) is 6. The molecule has 0 aliphatic heterocycles. The van der Waals surface area contributed by atoms with Gasteiger partial charge in [0, 0.05) is 6.42 Å². The van der Waals surface area contributed by atoms with Crippen molar-refractivity contribution in [3.63, 3.8) is 0 Å². The maximum absolute atomic E-state index is 12.1. The molecule has 0 amide bonds. The van der Waals surface area contributed by atoms with Crippen LogP contribution in [0.3, 0.4) is 0 Å². The summed E-state index contributed by atoms with van der Waals surface area (Å²) >= 11 is 0. The summed E-state index contributed by atoms with van der Waals surface area (Å²) in [6.45, 7) is 9.78. The van der Waals surface area contributed by atoms with Crippen LogP contribution in [0.25, 0.3) is 0 Å². The van der Waals surface area contributed by atoms with Crippen LogP contribution in [0, 0.1) is 5.92 Å². The molecule has 0 radical (unpaired) electrons. The summed E-state index contributed by atoms with van der Waals surface area (Å²) in [4.78, 5) is 36.0. The fourth-order valence-corrected chi connectivity index (χ4v) is 1.82. The monoisotopic (exact) mass is 344 g/mol. The maximum atomic E-state index is 12.1. The molecule has 0 fully saturated rings. The van der Waals surface area contributed by atoms with E-state index in [2.05, 4.69) is 0 Å². The van der Waals surface area contributed by atoms with Crippen LogP contribution in [0.1, 0.15) is 73.1 Å². The molecule has 0 N–H and O–H groups in total. The minimum Gasteiger partial charge on any atom is -0.465 e. The Hall–Kier alpha value is -1.59. The number of rotatable bonds is 11. The Balaban J connectivity index is 4.63. The van der Waals surface area contributed by atoms with Crippen molar-refractivity contribution < 1.29 is 28.6 Å². The number of ether oxygens (including phenoxy) is 3. The third kappa shape index (κ3) is 11.0. The zero-order valence-electron chi connectivity index (χ0n) is 15.7. The average molecular weight is 344 g/mol. The van der Waals surface area contributed by atoms with Crippen LogP contribution in [-0.4, -0.2) is 36.7 Å². The van der Waals surface area contributed by atoms with Crippen molar-refractivity contribution in [2.75, 3.05) is 13.2 Å². The number of unbranched alkanes of at least 4 members (excludes halogenated alkanes) is 2. The van der Waals surface area contributed by atoms with Gasteiger partial charge in [-0.2, -0.15) is 0 Å². The van der Waals surface area contributed by atoms with E-state index in [-0.39, 0.29) is 26.1 Å². The van der Waals surface area contributed by atoms with Gasteiger partial charge in [-0.3, -0.25) is 14.4 Å². The molecule has 0 rings (SSSR count). The smallest absolute Gasteiger partial charge is 0.320 e. The fourth-order valence-electron chi connectivity index (χ4n) is 1.82. The molecule has 0 aromatic carbocycles. The van der Waals surface area contributed by atoms with Crippen molar-refractivity contribution in [1.29, 1.82) is 0 Å². The van der Waals surface area contributed by atoms with Gasteiger partial charge in [-0.05, 0) is 40.0 Å². The Labute approximate surface area is 145 Å². The fraction of sp³-hybridized carbons (Fsp3) is 0.833. The van der Waals surface area contributed by atoms with E-state index >= 15 is 0 Å². The largest absolute Gasteiger partial charge is 0.465 e. The van der Waals surface area contributed by atoms with E-state index in [0.717, 1.165) is 25.7 Å². The summed E-state index contributed by atoms with van der Waals surface area (Å²) in [6, 6.07) is 0. The van der Waals surface area contributed by atoms with Crippen molar-refractivity contribution in [1.82, 2.24) is 0 Å². The summed E-state index contributed by atoms with van der Waals surface area (Å²) < 4.78 is 15.4. The molecule has 0 heterocycles. The van der Waals surface area contributed by atoms with Gasteiger partial charge in [0.2, 0.25) is 0 Å². The highest BCUT2D eigenvalue weighted by molar-refractivity contribution is 5.95. The molecule has 0 unspecified atom stereocenters. The number of esters is 3. The first-order valence-corrected chi connectivity index (χ1v) is 8.76. The number of hydrogen-bond donors (Lipinski definition) is 0. The first-order chi connectivity index (χ1) is 11.2. The molecule has 0 saturated carbocycles. The van der Waals surface area contributed by atoms with Gasteiger partial charge in [-0.1, -0.05) is 26.7 Å². The quantitative estimate of drug-likeness (QED) is 0.247. The molecule has 0 aliphatic carbocycles. The number of carbonyl (C=O) groups excluding carboxylic acids is 3. The molecular weight excluding hydrogens is 312 g/mol. The highest BCUT2D eigenvalue weighted by Gasteiger charge is 2.31. The summed E-state index contributed by atoms with van der Waals surface area (Å²) in [6.07, 6.45) is 3.23. The molecule has 6 heteroatoms. The minimum atomic E-state index is -1.08. The summed E-state index contributed by atoms with van der Waals surface area (Å²) in [5.41, 5.74) is -0.601. The van der Waals surface area contributed by atoms with Crippen LogP contribution in [0.5, 0.6) is 0 Å². The van der Waals surface area contributed by atoms with Gasteiger partial charge in [-0.15, -0.1) is 0 Å². The van der Waals surface area contributed by atoms with Gasteiger partial charge >= 0.3 is 17.9 Å². The van der Waals surface area contributed by atoms with Crippen molar-refractivity contribution in [3.05, 3.63) is 0 Å². The third-order valence-electron chi connectivity index (χ3n) is 3.11. The van der Waals surface area contributed by atoms with Crippen LogP contribution in [0.2, 0.25) is 0 Å². The second-order valence-corrected chi connectivity index (χ2v) is 6.72. The van der Waals surface area contributed by atoms with Gasteiger partial charge in [0.15, 0.2) is 5.92 Å². The SMILES string of the molecule is CCCCOC(=O)C(CCC(=O)OC(C)(C)C)C(=O)OCCCC. The molecule has 0 bridgehead atoms. The maximum Gasteiger partial charge on any atom is 0.320 e. The molecule has 140 valence electrons. The molecule has 0 aromatic heterocycles. The Morgan fingerprint density at radius 3 is 1.71 bits per heavy atom. The van der Waals surface area contributed by atoms with Crippen LogP contribution in [0.15, 0.2) is 0 Å². The molecule has 6 nitrogen and oxygen atoms in total. The van der Waals surface area contributed by atoms with Crippen molar-refractivity contribution >= 4 is 17.9 Å². The topological polar surface area (TPSA) is 78.9 Å². The second-order valence-electron chi connectivity index (χ2n) is 6.72. The highest BCUT2D eigenvalue weighted by atomic mass is 16.6. The Morgan fingerprint density at radius 1 is 0.875 bits per heavy atom. The van der Waals surface area contributed by atoms with Gasteiger partial charge in [0.1, 0.15) is 5.60 Å². The molecule has 0 spiro atoms. The van der Waals surface area contributed by atoms with Crippen molar-refractivity contribution in [3.8, 4) is 0 Å². The van der Waals surface area contributed by atoms with E-state index in [1.54, 1.807) is 20.8 Å². The van der Waals surface area contributed by atoms with Crippen LogP contribution >= 0.6 is 0 Å². The van der Waals surface area contributed by atoms with E-state index in [9.17, 15) is 14.4 Å². The Morgan fingerprint density at radius 2 is 1.33 bits per heavy atom. The van der Waals surface area contributed by atoms with E-state index in [0.29, 0.717) is 0 Å². The zero-order valence-corrected chi connectivity index (χ0v) is 15.7. The van der Waals surface area contributed by atoms with Crippen LogP contribution in [0.4, 0.5) is 0 Å². The first-order valence-electron chi connectivity index (χ1n) is 8.76. The zero-order chi connectivity index (χ0) is 18.6. The number of carbonyl (C=O) groups is 3. The lowest BCUT2D eigenvalue weighted by molar-refractivity contribution is -0.163. The normalized spacial score (nSPS) is 11.2. The highest BCUT2D eigenvalue weighted by Crippen LogP contribution is 2.16. The lowest BCUT2D eigenvalue weighted by atomic mass is 10.0. The molecule has 0 aliphatic rings. The van der Waals surface area contributed by atoms with Crippen molar-refractivity contribution in [2.24, 2.45) is 5.92 Å². The predicted octanol–water partition coefficient (Wildman–Crippen LogP) is 3.41. The van der Waals surface area contributed by atoms with Crippen LogP contribution in [-0.2, 0) is 28.6 Å². The summed E-state index contributed by atoms with van der Waals surface area (Å²) in [5.74, 6) is -2.79. The van der Waals surface area contributed by atoms with Crippen molar-refractivity contribution in [2.45, 2.75) is 78.7 Å². The standard InChI is InChI=1S/C18H32O6/c1-6-8-12-22-16(20)14(17(21)23-13-9-7-2)10-11-15(19)24-18(3,4)5/h14H,6-13H2,1-5H3. The third-order valence-corrected chi connectivity index (χ3v) is 3.11. The summed E-state index contributed by atoms with van der Waals surface area (Å²) in [5, 5.41) is 0. The van der Waals surface area contributed by atoms with E-state index in [1.807, 2.05) is 13.8 Å². The molecule has 0 atom stereocenters. The van der Waals surface area contributed by atoms with E-state index in [1.165, 1.54) is 0 Å². The average Bonchev–Trinajstić information content (AvgIpc) is 2.46. The lowest BCUT2D eigenvalue weighted by Crippen LogP contribution is -2.30. The lowest BCUT2D eigenvalue weighted by Gasteiger charge is -2.20. The molecule has 0 aromatic rings. The first kappa shape index (κ1) is 22.4. The van der Waals surface area contributed by atoms with Gasteiger partial charge < -0.3 is 14.2 Å². The van der Waals surface area contributed by atoms with Gasteiger partial charge in [0.05, 0.1) is 13.2 Å². The molecule has 0 saturated heterocycles. The van der Waals surface area contributed by atoms with Gasteiger partial charge in [-0.25, -0.2) is 0 Å². The Bertz CT molecular complexity index is 375. The van der Waals surface area contributed by atoms with Gasteiger partial charge in [0.25, 0.3) is 0 Å². The Kier molecular flexibility index (Phi) is 11.1. The molecular formula is C18H32O6. The second kappa shape index (κ2) is 11.9. The summed E-state index contributed by atoms with van der Waals surface area (Å²) in [7, 11) is 0. The van der Waals surface area contributed by atoms with E-state index < -0.39 is 29.4 Å². The van der Waals surface area contributed by atoms with Crippen LogP contribution < -0.4 is 0 Å². The molecule has 24 heavy (non-hydrogen) atoms.